The third-order valence-corrected chi connectivity index (χ3v) is 5.44. The summed E-state index contributed by atoms with van der Waals surface area (Å²) in [4.78, 5) is 37.4. The predicted octanol–water partition coefficient (Wildman–Crippen LogP) is 4.92. The highest BCUT2D eigenvalue weighted by Gasteiger charge is 2.17. The molecule has 0 bridgehead atoms. The van der Waals surface area contributed by atoms with Crippen LogP contribution in [0, 0.1) is 6.92 Å². The zero-order valence-electron chi connectivity index (χ0n) is 20.7. The smallest absolute Gasteiger partial charge is 0.329 e. The number of hydrogen-bond donors (Lipinski definition) is 3. The van der Waals surface area contributed by atoms with Gasteiger partial charge in [0.2, 0.25) is 0 Å². The molecule has 0 aliphatic carbocycles. The minimum Gasteiger partial charge on any atom is -0.489 e. The third kappa shape index (κ3) is 7.38. The van der Waals surface area contributed by atoms with E-state index in [-0.39, 0.29) is 11.3 Å². The maximum Gasteiger partial charge on any atom is 0.329 e. The van der Waals surface area contributed by atoms with Gasteiger partial charge in [0.1, 0.15) is 12.4 Å². The molecule has 38 heavy (non-hydrogen) atoms. The fourth-order valence-electron chi connectivity index (χ4n) is 3.41. The highest BCUT2D eigenvalue weighted by atomic mass is 16.5. The summed E-state index contributed by atoms with van der Waals surface area (Å²) in [5, 5.41) is 9.09. The van der Waals surface area contributed by atoms with Crippen molar-refractivity contribution in [2.24, 2.45) is 5.10 Å². The van der Waals surface area contributed by atoms with E-state index in [9.17, 15) is 14.4 Å². The van der Waals surface area contributed by atoms with Crippen molar-refractivity contribution in [2.45, 2.75) is 13.5 Å². The van der Waals surface area contributed by atoms with Gasteiger partial charge in [-0.2, -0.15) is 5.10 Å². The lowest BCUT2D eigenvalue weighted by atomic mass is 10.1. The van der Waals surface area contributed by atoms with Crippen molar-refractivity contribution in [3.8, 4) is 5.75 Å². The first-order chi connectivity index (χ1) is 18.5. The van der Waals surface area contributed by atoms with Gasteiger partial charge >= 0.3 is 11.8 Å². The van der Waals surface area contributed by atoms with E-state index in [0.717, 1.165) is 11.1 Å². The molecular weight excluding hydrogens is 480 g/mol. The van der Waals surface area contributed by atoms with Crippen molar-refractivity contribution in [2.75, 3.05) is 10.6 Å². The highest BCUT2D eigenvalue weighted by Crippen LogP contribution is 2.18. The van der Waals surface area contributed by atoms with Crippen LogP contribution in [0.1, 0.15) is 27.0 Å². The summed E-state index contributed by atoms with van der Waals surface area (Å²) in [6, 6.07) is 30.7. The average Bonchev–Trinajstić information content (AvgIpc) is 2.94. The van der Waals surface area contributed by atoms with Crippen LogP contribution >= 0.6 is 0 Å². The standard InChI is InChI=1S/C30H26N4O4/c1-21-11-15-24(16-12-21)32-28(35)26-9-5-6-10-27(26)33-29(36)30(37)34-31-19-22-13-17-25(18-14-22)38-20-23-7-3-2-4-8-23/h2-19H,20H2,1H3,(H,32,35)(H,33,36)(H,34,37)/b31-19+. The minimum absolute atomic E-state index is 0.201. The van der Waals surface area contributed by atoms with Crippen molar-refractivity contribution >= 4 is 35.3 Å². The lowest BCUT2D eigenvalue weighted by Gasteiger charge is -2.11. The molecule has 8 nitrogen and oxygen atoms in total. The lowest BCUT2D eigenvalue weighted by molar-refractivity contribution is -0.136. The van der Waals surface area contributed by atoms with Crippen molar-refractivity contribution in [1.82, 2.24) is 5.43 Å². The second-order valence-electron chi connectivity index (χ2n) is 8.36. The summed E-state index contributed by atoms with van der Waals surface area (Å²) in [7, 11) is 0. The molecule has 0 atom stereocenters. The quantitative estimate of drug-likeness (QED) is 0.179. The molecule has 0 saturated heterocycles. The molecule has 0 aromatic heterocycles. The van der Waals surface area contributed by atoms with Gasteiger partial charge in [0.05, 0.1) is 17.5 Å². The Labute approximate surface area is 220 Å². The van der Waals surface area contributed by atoms with E-state index in [1.807, 2.05) is 49.4 Å². The van der Waals surface area contributed by atoms with Gasteiger partial charge in [0.15, 0.2) is 0 Å². The number of anilines is 2. The molecule has 3 N–H and O–H groups in total. The average molecular weight is 507 g/mol. The van der Waals surface area contributed by atoms with E-state index in [4.69, 9.17) is 4.74 Å². The molecule has 190 valence electrons. The fourth-order valence-corrected chi connectivity index (χ4v) is 3.41. The molecule has 0 unspecified atom stereocenters. The summed E-state index contributed by atoms with van der Waals surface area (Å²) in [6.07, 6.45) is 1.41. The van der Waals surface area contributed by atoms with Gasteiger partial charge < -0.3 is 15.4 Å². The molecule has 0 heterocycles. The molecule has 0 aliphatic heterocycles. The number of hydrogen-bond acceptors (Lipinski definition) is 5. The largest absolute Gasteiger partial charge is 0.489 e. The van der Waals surface area contributed by atoms with Crippen molar-refractivity contribution in [3.05, 3.63) is 125 Å². The monoisotopic (exact) mass is 506 g/mol. The Morgan fingerprint density at radius 2 is 1.45 bits per heavy atom. The van der Waals surface area contributed by atoms with E-state index in [2.05, 4.69) is 21.2 Å². The number of rotatable bonds is 8. The van der Waals surface area contributed by atoms with Gasteiger partial charge in [0.25, 0.3) is 5.91 Å². The summed E-state index contributed by atoms with van der Waals surface area (Å²) in [5.74, 6) is -1.65. The van der Waals surface area contributed by atoms with E-state index in [1.165, 1.54) is 6.21 Å². The van der Waals surface area contributed by atoms with Gasteiger partial charge in [0, 0.05) is 5.69 Å². The van der Waals surface area contributed by atoms with Crippen LogP contribution in [0.25, 0.3) is 0 Å². The number of nitrogens with zero attached hydrogens (tertiary/aromatic N) is 1. The van der Waals surface area contributed by atoms with Crippen LogP contribution in [-0.4, -0.2) is 23.9 Å². The van der Waals surface area contributed by atoms with Crippen LogP contribution in [0.5, 0.6) is 5.75 Å². The molecule has 4 aromatic carbocycles. The van der Waals surface area contributed by atoms with Crippen LogP contribution in [0.15, 0.2) is 108 Å². The second-order valence-corrected chi connectivity index (χ2v) is 8.36. The molecule has 0 radical (unpaired) electrons. The molecule has 4 aromatic rings. The summed E-state index contributed by atoms with van der Waals surface area (Å²) in [5.41, 5.74) is 6.06. The first-order valence-corrected chi connectivity index (χ1v) is 11.9. The summed E-state index contributed by atoms with van der Waals surface area (Å²) < 4.78 is 5.75. The maximum absolute atomic E-state index is 12.7. The van der Waals surface area contributed by atoms with E-state index in [1.54, 1.807) is 60.7 Å². The van der Waals surface area contributed by atoms with Crippen molar-refractivity contribution in [1.29, 1.82) is 0 Å². The molecule has 8 heteroatoms. The summed E-state index contributed by atoms with van der Waals surface area (Å²) in [6.45, 7) is 2.40. The number of carbonyl (C=O) groups is 3. The SMILES string of the molecule is Cc1ccc(NC(=O)c2ccccc2NC(=O)C(=O)N/N=C/c2ccc(OCc3ccccc3)cc2)cc1. The summed E-state index contributed by atoms with van der Waals surface area (Å²) >= 11 is 0. The Hall–Kier alpha value is -5.24. The molecule has 4 rings (SSSR count). The first-order valence-electron chi connectivity index (χ1n) is 11.9. The molecular formula is C30H26N4O4. The maximum atomic E-state index is 12.7. The number of para-hydroxylation sites is 1. The van der Waals surface area contributed by atoms with Gasteiger partial charge in [-0.25, -0.2) is 5.43 Å². The number of nitrogens with one attached hydrogen (secondary N) is 3. The number of amides is 3. The van der Waals surface area contributed by atoms with E-state index < -0.39 is 17.7 Å². The van der Waals surface area contributed by atoms with E-state index in [0.29, 0.717) is 23.6 Å². The zero-order valence-corrected chi connectivity index (χ0v) is 20.7. The number of aryl methyl sites for hydroxylation is 1. The second kappa shape index (κ2) is 12.6. The van der Waals surface area contributed by atoms with Crippen LogP contribution in [-0.2, 0) is 16.2 Å². The molecule has 0 saturated carbocycles. The Kier molecular flexibility index (Phi) is 8.60. The van der Waals surface area contributed by atoms with E-state index >= 15 is 0 Å². The van der Waals surface area contributed by atoms with Crippen LogP contribution in [0.3, 0.4) is 0 Å². The Bertz CT molecular complexity index is 1430. The fraction of sp³-hybridized carbons (Fsp3) is 0.0667. The highest BCUT2D eigenvalue weighted by molar-refractivity contribution is 6.40. The molecule has 0 aliphatic rings. The number of benzene rings is 4. The molecule has 0 fully saturated rings. The van der Waals surface area contributed by atoms with Crippen molar-refractivity contribution in [3.63, 3.8) is 0 Å². The van der Waals surface area contributed by atoms with Gasteiger partial charge in [-0.1, -0.05) is 60.2 Å². The first kappa shape index (κ1) is 25.8. The lowest BCUT2D eigenvalue weighted by Crippen LogP contribution is -2.33. The number of carbonyl (C=O) groups excluding carboxylic acids is 3. The molecule has 0 spiro atoms. The van der Waals surface area contributed by atoms with Crippen LogP contribution in [0.4, 0.5) is 11.4 Å². The topological polar surface area (TPSA) is 109 Å². The van der Waals surface area contributed by atoms with Gasteiger partial charge in [-0.3, -0.25) is 14.4 Å². The molecule has 3 amide bonds. The Morgan fingerprint density at radius 1 is 0.763 bits per heavy atom. The number of ether oxygens (including phenoxy) is 1. The minimum atomic E-state index is -0.974. The predicted molar refractivity (Wildman–Crippen MR) is 147 cm³/mol. The Morgan fingerprint density at radius 3 is 2.18 bits per heavy atom. The van der Waals surface area contributed by atoms with Gasteiger partial charge in [-0.15, -0.1) is 0 Å². The number of hydrazone groups is 1. The zero-order chi connectivity index (χ0) is 26.7. The normalized spacial score (nSPS) is 10.6. The van der Waals surface area contributed by atoms with Gasteiger partial charge in [-0.05, 0) is 66.6 Å². The Balaban J connectivity index is 1.29. The third-order valence-electron chi connectivity index (χ3n) is 5.44. The van der Waals surface area contributed by atoms with Crippen molar-refractivity contribution < 1.29 is 19.1 Å². The van der Waals surface area contributed by atoms with Crippen LogP contribution in [0.2, 0.25) is 0 Å². The van der Waals surface area contributed by atoms with Crippen LogP contribution < -0.4 is 20.8 Å².